The van der Waals surface area contributed by atoms with Gasteiger partial charge in [-0.1, -0.05) is 48.0 Å². The summed E-state index contributed by atoms with van der Waals surface area (Å²) >= 11 is 0. The predicted octanol–water partition coefficient (Wildman–Crippen LogP) is 0.0798. The van der Waals surface area contributed by atoms with Crippen LogP contribution in [-0.4, -0.2) is 0 Å². The van der Waals surface area contributed by atoms with Crippen molar-refractivity contribution in [1.29, 1.82) is 0 Å². The fourth-order valence-electron chi connectivity index (χ4n) is 2.41. The normalized spacial score (nSPS) is 13.4. The second-order valence-electron chi connectivity index (χ2n) is 5.04. The topological polar surface area (TPSA) is 40.1 Å². The molecule has 2 nitrogen and oxygen atoms in total. The minimum absolute atomic E-state index is 0. The van der Waals surface area contributed by atoms with E-state index in [0.29, 0.717) is 5.30 Å². The molecule has 2 aromatic rings. The number of aryl methyl sites for hydroxylation is 3. The molecule has 0 saturated carbocycles. The average Bonchev–Trinajstić information content (AvgIpc) is 2.35. The van der Waals surface area contributed by atoms with E-state index >= 15 is 0 Å². The third-order valence-electron chi connectivity index (χ3n) is 3.36. The number of rotatable bonds is 3. The Morgan fingerprint density at radius 2 is 1.50 bits per heavy atom. The summed E-state index contributed by atoms with van der Waals surface area (Å²) in [6.07, 6.45) is 0.0922. The van der Waals surface area contributed by atoms with E-state index < -0.39 is 7.37 Å². The molecule has 2 aromatic carbocycles. The number of benzene rings is 2. The first kappa shape index (κ1) is 17.3. The second kappa shape index (κ2) is 6.79. The molecule has 0 fully saturated rings. The van der Waals surface area contributed by atoms with Gasteiger partial charge in [0, 0.05) is 13.5 Å². The Balaban J connectivity index is 0.00000200. The maximum Gasteiger partial charge on any atom is 1.00 e. The summed E-state index contributed by atoms with van der Waals surface area (Å²) in [7, 11) is -3.59. The molecule has 0 N–H and O–H groups in total. The molecule has 0 radical (unpaired) electrons. The van der Waals surface area contributed by atoms with E-state index in [-0.39, 0.29) is 25.0 Å². The van der Waals surface area contributed by atoms with Gasteiger partial charge >= 0.3 is 18.9 Å². The minimum atomic E-state index is -3.59. The van der Waals surface area contributed by atoms with Gasteiger partial charge in [-0.15, -0.1) is 0 Å². The molecule has 1 unspecified atom stereocenters. The standard InChI is InChI=1S/C16H19O2P.Li/c1-12-9-13(2)16(14(3)10-12)11-19(17,18)15-7-5-4-6-8-15;/h4-10H,11H2,1-3H3,(H,17,18);/q;+1/p-1. The molecular weight excluding hydrogens is 262 g/mol. The monoisotopic (exact) mass is 280 g/mol. The van der Waals surface area contributed by atoms with Crippen LogP contribution in [0.4, 0.5) is 0 Å². The zero-order valence-corrected chi connectivity index (χ0v) is 13.4. The Morgan fingerprint density at radius 3 is 2.00 bits per heavy atom. The van der Waals surface area contributed by atoms with Gasteiger partial charge in [0.2, 0.25) is 0 Å². The van der Waals surface area contributed by atoms with E-state index in [9.17, 15) is 9.46 Å². The van der Waals surface area contributed by atoms with E-state index in [0.717, 1.165) is 16.7 Å². The van der Waals surface area contributed by atoms with Gasteiger partial charge in [0.1, 0.15) is 0 Å². The molecule has 0 aliphatic rings. The number of hydrogen-bond donors (Lipinski definition) is 0. The molecule has 20 heavy (non-hydrogen) atoms. The van der Waals surface area contributed by atoms with Crippen molar-refractivity contribution in [3.8, 4) is 0 Å². The maximum absolute atomic E-state index is 12.4. The van der Waals surface area contributed by atoms with Crippen LogP contribution in [0.25, 0.3) is 0 Å². The van der Waals surface area contributed by atoms with Crippen LogP contribution in [0.2, 0.25) is 0 Å². The van der Waals surface area contributed by atoms with E-state index in [2.05, 4.69) is 0 Å². The summed E-state index contributed by atoms with van der Waals surface area (Å²) in [4.78, 5) is 12.4. The molecule has 0 aliphatic carbocycles. The van der Waals surface area contributed by atoms with Crippen LogP contribution in [0.1, 0.15) is 22.3 Å². The Hall–Kier alpha value is -0.773. The first-order valence-corrected chi connectivity index (χ1v) is 8.13. The molecule has 0 aliphatic heterocycles. The third kappa shape index (κ3) is 3.87. The quantitative estimate of drug-likeness (QED) is 0.590. The van der Waals surface area contributed by atoms with Crippen LogP contribution in [-0.2, 0) is 10.7 Å². The Labute approximate surface area is 132 Å². The largest absolute Gasteiger partial charge is 1.00 e. The zero-order valence-electron chi connectivity index (χ0n) is 12.5. The van der Waals surface area contributed by atoms with Gasteiger partial charge in [0.05, 0.1) is 0 Å². The molecule has 1 atom stereocenters. The van der Waals surface area contributed by atoms with Crippen LogP contribution < -0.4 is 29.1 Å². The molecule has 0 amide bonds. The first-order chi connectivity index (χ1) is 8.90. The van der Waals surface area contributed by atoms with Crippen molar-refractivity contribution in [3.63, 3.8) is 0 Å². The molecule has 2 rings (SSSR count). The van der Waals surface area contributed by atoms with Crippen LogP contribution >= 0.6 is 7.37 Å². The molecule has 0 spiro atoms. The summed E-state index contributed by atoms with van der Waals surface area (Å²) in [5.74, 6) is 0. The van der Waals surface area contributed by atoms with Crippen molar-refractivity contribution in [1.82, 2.24) is 0 Å². The SMILES string of the molecule is Cc1cc(C)c(CP(=O)([O-])c2ccccc2)c(C)c1.[Li+]. The van der Waals surface area contributed by atoms with Gasteiger partial charge in [-0.2, -0.15) is 0 Å². The fourth-order valence-corrected chi connectivity index (χ4v) is 4.14. The number of hydrogen-bond acceptors (Lipinski definition) is 2. The van der Waals surface area contributed by atoms with Crippen LogP contribution in [0, 0.1) is 20.8 Å². The van der Waals surface area contributed by atoms with Gasteiger partial charge in [-0.25, -0.2) is 0 Å². The van der Waals surface area contributed by atoms with Crippen molar-refractivity contribution in [2.45, 2.75) is 26.9 Å². The third-order valence-corrected chi connectivity index (χ3v) is 5.17. The molecule has 0 heterocycles. The summed E-state index contributed by atoms with van der Waals surface area (Å²) in [5.41, 5.74) is 4.18. The Kier molecular flexibility index (Phi) is 5.87. The van der Waals surface area contributed by atoms with Crippen LogP contribution in [0.15, 0.2) is 42.5 Å². The summed E-state index contributed by atoms with van der Waals surface area (Å²) < 4.78 is 12.4. The average molecular weight is 280 g/mol. The molecule has 0 aromatic heterocycles. The van der Waals surface area contributed by atoms with Crippen molar-refractivity contribution < 1.29 is 28.3 Å². The molecule has 4 heteroatoms. The smallest absolute Gasteiger partial charge is 0.796 e. The molecule has 0 bridgehead atoms. The molecule has 100 valence electrons. The van der Waals surface area contributed by atoms with Crippen LogP contribution in [0.5, 0.6) is 0 Å². The van der Waals surface area contributed by atoms with E-state index in [4.69, 9.17) is 0 Å². The zero-order chi connectivity index (χ0) is 14.0. The van der Waals surface area contributed by atoms with Crippen molar-refractivity contribution >= 4 is 12.7 Å². The van der Waals surface area contributed by atoms with E-state index in [1.807, 2.05) is 39.0 Å². The first-order valence-electron chi connectivity index (χ1n) is 6.32. The van der Waals surface area contributed by atoms with E-state index in [1.54, 1.807) is 24.3 Å². The van der Waals surface area contributed by atoms with Gasteiger partial charge < -0.3 is 9.46 Å². The van der Waals surface area contributed by atoms with Crippen molar-refractivity contribution in [2.24, 2.45) is 0 Å². The maximum atomic E-state index is 12.4. The van der Waals surface area contributed by atoms with Crippen molar-refractivity contribution in [3.05, 3.63) is 64.7 Å². The van der Waals surface area contributed by atoms with Gasteiger partial charge in [-0.3, -0.25) is 0 Å². The second-order valence-corrected chi connectivity index (χ2v) is 7.22. The van der Waals surface area contributed by atoms with Gasteiger partial charge in [0.15, 0.2) is 0 Å². The summed E-state index contributed by atoms with van der Waals surface area (Å²) in [6, 6.07) is 12.7. The Morgan fingerprint density at radius 1 is 1.00 bits per heavy atom. The van der Waals surface area contributed by atoms with E-state index in [1.165, 1.54) is 5.56 Å². The molecule has 0 saturated heterocycles. The predicted molar refractivity (Wildman–Crippen MR) is 78.0 cm³/mol. The Bertz CT molecular complexity index is 615. The minimum Gasteiger partial charge on any atom is -0.796 e. The van der Waals surface area contributed by atoms with Gasteiger partial charge in [-0.05, 0) is 42.8 Å². The van der Waals surface area contributed by atoms with Gasteiger partial charge in [0.25, 0.3) is 0 Å². The fraction of sp³-hybridized carbons (Fsp3) is 0.250. The summed E-state index contributed by atoms with van der Waals surface area (Å²) in [5, 5.41) is 0.411. The summed E-state index contributed by atoms with van der Waals surface area (Å²) in [6.45, 7) is 5.97. The van der Waals surface area contributed by atoms with Crippen LogP contribution in [0.3, 0.4) is 0 Å². The molecular formula is C16H18LiO2P. The van der Waals surface area contributed by atoms with Crippen molar-refractivity contribution in [2.75, 3.05) is 0 Å².